The van der Waals surface area contributed by atoms with Crippen molar-refractivity contribution in [1.29, 1.82) is 0 Å². The highest BCUT2D eigenvalue weighted by molar-refractivity contribution is 5.83. The zero-order chi connectivity index (χ0) is 11.5. The van der Waals surface area contributed by atoms with Gasteiger partial charge in [-0.05, 0) is 24.6 Å². The summed E-state index contributed by atoms with van der Waals surface area (Å²) in [5.74, 6) is -0.403. The molecule has 4 nitrogen and oxygen atoms in total. The zero-order valence-electron chi connectivity index (χ0n) is 8.68. The van der Waals surface area contributed by atoms with E-state index < -0.39 is 5.76 Å². The molecular formula is C12H11NO3. The second-order valence-electron chi connectivity index (χ2n) is 3.44. The third kappa shape index (κ3) is 1.69. The number of fused-ring (bicyclic) bond motifs is 1. The number of benzene rings is 1. The minimum Gasteiger partial charge on any atom is -0.408 e. The van der Waals surface area contributed by atoms with Crippen LogP contribution in [0, 0.1) is 0 Å². The van der Waals surface area contributed by atoms with Gasteiger partial charge in [0.2, 0.25) is 0 Å². The van der Waals surface area contributed by atoms with E-state index in [4.69, 9.17) is 4.42 Å². The van der Waals surface area contributed by atoms with Gasteiger partial charge in [0.25, 0.3) is 0 Å². The molecule has 0 bridgehead atoms. The Labute approximate surface area is 91.8 Å². The predicted molar refractivity (Wildman–Crippen MR) is 60.7 cm³/mol. The molecule has 16 heavy (non-hydrogen) atoms. The summed E-state index contributed by atoms with van der Waals surface area (Å²) in [7, 11) is 0. The molecule has 0 aliphatic heterocycles. The maximum Gasteiger partial charge on any atom is 0.419 e. The van der Waals surface area contributed by atoms with Gasteiger partial charge >= 0.3 is 5.76 Å². The number of aldehydes is 1. The van der Waals surface area contributed by atoms with E-state index in [1.165, 1.54) is 4.57 Å². The maximum absolute atomic E-state index is 11.5. The SMILES string of the molecule is C=CCCn1c(=O)oc2cc(C=O)ccc21. The highest BCUT2D eigenvalue weighted by Crippen LogP contribution is 2.14. The molecule has 4 heteroatoms. The highest BCUT2D eigenvalue weighted by Gasteiger charge is 2.08. The average Bonchev–Trinajstić information content (AvgIpc) is 2.61. The molecule has 0 N–H and O–H groups in total. The summed E-state index contributed by atoms with van der Waals surface area (Å²) in [6, 6.07) is 4.94. The minimum atomic E-state index is -0.403. The van der Waals surface area contributed by atoms with Crippen LogP contribution in [0.15, 0.2) is 40.1 Å². The number of oxazole rings is 1. The lowest BCUT2D eigenvalue weighted by molar-refractivity contribution is 0.112. The van der Waals surface area contributed by atoms with Crippen molar-refractivity contribution in [3.05, 3.63) is 47.0 Å². The van der Waals surface area contributed by atoms with Gasteiger partial charge in [-0.2, -0.15) is 0 Å². The van der Waals surface area contributed by atoms with E-state index in [0.29, 0.717) is 29.6 Å². The topological polar surface area (TPSA) is 52.2 Å². The fourth-order valence-corrected chi connectivity index (χ4v) is 1.59. The monoisotopic (exact) mass is 217 g/mol. The lowest BCUT2D eigenvalue weighted by Gasteiger charge is -1.98. The first-order valence-electron chi connectivity index (χ1n) is 4.95. The van der Waals surface area contributed by atoms with Crippen LogP contribution in [-0.4, -0.2) is 10.9 Å². The van der Waals surface area contributed by atoms with Gasteiger partial charge in [0.1, 0.15) is 6.29 Å². The van der Waals surface area contributed by atoms with Gasteiger partial charge in [0.15, 0.2) is 5.58 Å². The zero-order valence-corrected chi connectivity index (χ0v) is 8.68. The molecule has 0 aliphatic carbocycles. The van der Waals surface area contributed by atoms with Crippen LogP contribution in [0.1, 0.15) is 16.8 Å². The minimum absolute atomic E-state index is 0.403. The van der Waals surface area contributed by atoms with Crippen molar-refractivity contribution in [2.45, 2.75) is 13.0 Å². The van der Waals surface area contributed by atoms with Gasteiger partial charge in [0, 0.05) is 12.1 Å². The van der Waals surface area contributed by atoms with Crippen LogP contribution in [0.2, 0.25) is 0 Å². The number of rotatable bonds is 4. The van der Waals surface area contributed by atoms with Crippen molar-refractivity contribution in [1.82, 2.24) is 4.57 Å². The molecule has 0 radical (unpaired) electrons. The van der Waals surface area contributed by atoms with Crippen LogP contribution in [0.3, 0.4) is 0 Å². The average molecular weight is 217 g/mol. The smallest absolute Gasteiger partial charge is 0.408 e. The van der Waals surface area contributed by atoms with E-state index >= 15 is 0 Å². The first-order chi connectivity index (χ1) is 7.76. The summed E-state index contributed by atoms with van der Waals surface area (Å²) in [6.07, 6.45) is 3.16. The van der Waals surface area contributed by atoms with Gasteiger partial charge in [-0.15, -0.1) is 6.58 Å². The van der Waals surface area contributed by atoms with Crippen LogP contribution in [0.5, 0.6) is 0 Å². The third-order valence-electron chi connectivity index (χ3n) is 2.39. The number of nitrogens with zero attached hydrogens (tertiary/aromatic N) is 1. The first-order valence-corrected chi connectivity index (χ1v) is 4.95. The molecule has 82 valence electrons. The van der Waals surface area contributed by atoms with E-state index in [1.54, 1.807) is 24.3 Å². The van der Waals surface area contributed by atoms with E-state index in [2.05, 4.69) is 6.58 Å². The second kappa shape index (κ2) is 4.18. The summed E-state index contributed by atoms with van der Waals surface area (Å²) in [5, 5.41) is 0. The van der Waals surface area contributed by atoms with Crippen LogP contribution >= 0.6 is 0 Å². The summed E-state index contributed by atoms with van der Waals surface area (Å²) >= 11 is 0. The second-order valence-corrected chi connectivity index (χ2v) is 3.44. The third-order valence-corrected chi connectivity index (χ3v) is 2.39. The van der Waals surface area contributed by atoms with Crippen molar-refractivity contribution < 1.29 is 9.21 Å². The Balaban J connectivity index is 2.57. The lowest BCUT2D eigenvalue weighted by atomic mass is 10.2. The molecule has 0 atom stereocenters. The lowest BCUT2D eigenvalue weighted by Crippen LogP contribution is -2.13. The molecule has 0 unspecified atom stereocenters. The Morgan fingerprint density at radius 3 is 2.94 bits per heavy atom. The van der Waals surface area contributed by atoms with Crippen LogP contribution in [0.25, 0.3) is 11.1 Å². The molecule has 0 saturated heterocycles. The van der Waals surface area contributed by atoms with Crippen LogP contribution < -0.4 is 5.76 Å². The van der Waals surface area contributed by atoms with Crippen molar-refractivity contribution in [2.75, 3.05) is 0 Å². The molecular weight excluding hydrogens is 206 g/mol. The van der Waals surface area contributed by atoms with Crippen molar-refractivity contribution in [3.8, 4) is 0 Å². The number of carbonyl (C=O) groups excluding carboxylic acids is 1. The van der Waals surface area contributed by atoms with Crippen LogP contribution in [0.4, 0.5) is 0 Å². The van der Waals surface area contributed by atoms with Gasteiger partial charge in [0.05, 0.1) is 5.52 Å². The molecule has 2 rings (SSSR count). The maximum atomic E-state index is 11.5. The van der Waals surface area contributed by atoms with E-state index in [-0.39, 0.29) is 0 Å². The Bertz CT molecular complexity index is 592. The first kappa shape index (κ1) is 10.4. The number of aryl methyl sites for hydroxylation is 1. The molecule has 0 amide bonds. The van der Waals surface area contributed by atoms with Gasteiger partial charge in [-0.25, -0.2) is 4.79 Å². The summed E-state index contributed by atoms with van der Waals surface area (Å²) in [4.78, 5) is 22.1. The van der Waals surface area contributed by atoms with Crippen molar-refractivity contribution >= 4 is 17.4 Å². The fraction of sp³-hybridized carbons (Fsp3) is 0.167. The number of hydrogen-bond acceptors (Lipinski definition) is 3. The Morgan fingerprint density at radius 2 is 2.25 bits per heavy atom. The molecule has 0 fully saturated rings. The summed E-state index contributed by atoms with van der Waals surface area (Å²) < 4.78 is 6.59. The standard InChI is InChI=1S/C12H11NO3/c1-2-3-6-13-10-5-4-9(8-14)7-11(10)16-12(13)15/h2,4-5,7-8H,1,3,6H2. The molecule has 1 aromatic heterocycles. The quantitative estimate of drug-likeness (QED) is 0.581. The fourth-order valence-electron chi connectivity index (χ4n) is 1.59. The molecule has 0 spiro atoms. The summed E-state index contributed by atoms with van der Waals surface area (Å²) in [5.41, 5.74) is 1.65. The number of carbonyl (C=O) groups is 1. The van der Waals surface area contributed by atoms with E-state index in [0.717, 1.165) is 6.29 Å². The number of aromatic nitrogens is 1. The number of hydrogen-bond donors (Lipinski definition) is 0. The van der Waals surface area contributed by atoms with E-state index in [1.807, 2.05) is 0 Å². The molecule has 1 aromatic carbocycles. The van der Waals surface area contributed by atoms with Gasteiger partial charge in [-0.3, -0.25) is 9.36 Å². The molecule has 0 aliphatic rings. The van der Waals surface area contributed by atoms with Gasteiger partial charge < -0.3 is 4.42 Å². The largest absolute Gasteiger partial charge is 0.419 e. The van der Waals surface area contributed by atoms with Crippen molar-refractivity contribution in [3.63, 3.8) is 0 Å². The van der Waals surface area contributed by atoms with Crippen LogP contribution in [-0.2, 0) is 6.54 Å². The highest BCUT2D eigenvalue weighted by atomic mass is 16.4. The van der Waals surface area contributed by atoms with Crippen molar-refractivity contribution in [2.24, 2.45) is 0 Å². The van der Waals surface area contributed by atoms with E-state index in [9.17, 15) is 9.59 Å². The predicted octanol–water partition coefficient (Wildman–Crippen LogP) is 1.98. The Morgan fingerprint density at radius 1 is 1.44 bits per heavy atom. The van der Waals surface area contributed by atoms with Gasteiger partial charge in [-0.1, -0.05) is 6.08 Å². The normalized spacial score (nSPS) is 10.5. The molecule has 1 heterocycles. The Kier molecular flexibility index (Phi) is 2.72. The summed E-state index contributed by atoms with van der Waals surface area (Å²) in [6.45, 7) is 4.14. The number of allylic oxidation sites excluding steroid dienone is 1. The molecule has 2 aromatic rings. The Hall–Kier alpha value is -2.10. The molecule has 0 saturated carbocycles.